The second-order valence-corrected chi connectivity index (χ2v) is 4.19. The van der Waals surface area contributed by atoms with Crippen molar-refractivity contribution in [2.75, 3.05) is 6.26 Å². The average molecular weight is 208 g/mol. The van der Waals surface area contributed by atoms with Crippen LogP contribution >= 0.6 is 0 Å². The van der Waals surface area contributed by atoms with Crippen LogP contribution in [-0.2, 0) is 23.8 Å². The smallest absolute Gasteiger partial charge is 0.334 e. The van der Waals surface area contributed by atoms with E-state index in [0.717, 1.165) is 18.6 Å². The van der Waals surface area contributed by atoms with Gasteiger partial charge < -0.3 is 8.92 Å². The Labute approximate surface area is 77.5 Å². The molecule has 0 N–H and O–H groups in total. The van der Waals surface area contributed by atoms with Crippen LogP contribution in [0.25, 0.3) is 0 Å². The third-order valence-corrected chi connectivity index (χ3v) is 1.25. The first kappa shape index (κ1) is 12.0. The molecule has 0 aliphatic rings. The zero-order valence-electron chi connectivity index (χ0n) is 7.68. The first-order valence-corrected chi connectivity index (χ1v) is 5.38. The van der Waals surface area contributed by atoms with Gasteiger partial charge in [0.2, 0.25) is 0 Å². The molecule has 0 rings (SSSR count). The van der Waals surface area contributed by atoms with E-state index in [1.807, 2.05) is 0 Å². The van der Waals surface area contributed by atoms with E-state index < -0.39 is 16.1 Å². The summed E-state index contributed by atoms with van der Waals surface area (Å²) in [4.78, 5) is 10.8. The Balaban J connectivity index is 3.93. The van der Waals surface area contributed by atoms with Crippen molar-refractivity contribution in [3.63, 3.8) is 0 Å². The second-order valence-electron chi connectivity index (χ2n) is 2.59. The van der Waals surface area contributed by atoms with E-state index in [-0.39, 0.29) is 6.10 Å². The van der Waals surface area contributed by atoms with Crippen molar-refractivity contribution in [1.82, 2.24) is 0 Å². The van der Waals surface area contributed by atoms with Crippen LogP contribution in [0.4, 0.5) is 0 Å². The Hall–Kier alpha value is -1.04. The lowest BCUT2D eigenvalue weighted by molar-refractivity contribution is -0.141. The fraction of sp³-hybridized carbons (Fsp3) is 0.571. The van der Waals surface area contributed by atoms with Gasteiger partial charge in [-0.25, -0.2) is 4.79 Å². The van der Waals surface area contributed by atoms with Gasteiger partial charge in [0.25, 0.3) is 0 Å². The predicted octanol–water partition coefficient (Wildman–Crippen LogP) is 0.428. The van der Waals surface area contributed by atoms with Gasteiger partial charge in [-0.1, -0.05) is 0 Å². The minimum atomic E-state index is -3.54. The molecule has 0 saturated heterocycles. The highest BCUT2D eigenvalue weighted by Crippen LogP contribution is 1.92. The number of esters is 1. The number of hydrogen-bond acceptors (Lipinski definition) is 5. The molecule has 0 atom stereocenters. The topological polar surface area (TPSA) is 69.7 Å². The maximum atomic E-state index is 10.8. The molecule has 0 aromatic carbocycles. The Morgan fingerprint density at radius 1 is 1.38 bits per heavy atom. The molecule has 0 unspecified atom stereocenters. The SMILES string of the molecule is CC(C)OC(=O)C=COS(C)(=O)=O. The molecular weight excluding hydrogens is 196 g/mol. The van der Waals surface area contributed by atoms with Gasteiger partial charge in [-0.05, 0) is 13.8 Å². The quantitative estimate of drug-likeness (QED) is 0.290. The molecule has 0 aliphatic heterocycles. The third kappa shape index (κ3) is 8.87. The Kier molecular flexibility index (Phi) is 4.47. The van der Waals surface area contributed by atoms with E-state index in [0.29, 0.717) is 0 Å². The summed E-state index contributed by atoms with van der Waals surface area (Å²) in [7, 11) is -3.54. The highest BCUT2D eigenvalue weighted by molar-refractivity contribution is 7.86. The highest BCUT2D eigenvalue weighted by atomic mass is 32.2. The van der Waals surface area contributed by atoms with Gasteiger partial charge in [-0.15, -0.1) is 0 Å². The summed E-state index contributed by atoms with van der Waals surface area (Å²) in [6, 6.07) is 0. The van der Waals surface area contributed by atoms with Crippen LogP contribution in [0, 0.1) is 0 Å². The van der Waals surface area contributed by atoms with Crippen molar-refractivity contribution in [3.8, 4) is 0 Å². The molecule has 0 saturated carbocycles. The number of carbonyl (C=O) groups is 1. The van der Waals surface area contributed by atoms with E-state index >= 15 is 0 Å². The van der Waals surface area contributed by atoms with Gasteiger partial charge in [0.15, 0.2) is 0 Å². The van der Waals surface area contributed by atoms with Crippen LogP contribution in [-0.4, -0.2) is 26.7 Å². The monoisotopic (exact) mass is 208 g/mol. The van der Waals surface area contributed by atoms with Gasteiger partial charge >= 0.3 is 16.1 Å². The summed E-state index contributed by atoms with van der Waals surface area (Å²) in [5, 5.41) is 0. The first-order chi connectivity index (χ1) is 5.81. The van der Waals surface area contributed by atoms with Gasteiger partial charge in [0.05, 0.1) is 18.4 Å². The predicted molar refractivity (Wildman–Crippen MR) is 46.3 cm³/mol. The van der Waals surface area contributed by atoms with Gasteiger partial charge in [-0.3, -0.25) is 0 Å². The van der Waals surface area contributed by atoms with E-state index in [2.05, 4.69) is 8.92 Å². The summed E-state index contributed by atoms with van der Waals surface area (Å²) in [6.45, 7) is 3.37. The van der Waals surface area contributed by atoms with Gasteiger partial charge in [-0.2, -0.15) is 8.42 Å². The minimum Gasteiger partial charge on any atom is -0.460 e. The van der Waals surface area contributed by atoms with Gasteiger partial charge in [0, 0.05) is 0 Å². The van der Waals surface area contributed by atoms with Crippen molar-refractivity contribution in [2.45, 2.75) is 20.0 Å². The van der Waals surface area contributed by atoms with Crippen LogP contribution in [0.3, 0.4) is 0 Å². The molecule has 0 aromatic heterocycles. The van der Waals surface area contributed by atoms with Crippen molar-refractivity contribution < 1.29 is 22.1 Å². The molecule has 0 fully saturated rings. The Bertz CT molecular complexity index is 288. The van der Waals surface area contributed by atoms with E-state index in [1.165, 1.54) is 0 Å². The van der Waals surface area contributed by atoms with Crippen LogP contribution < -0.4 is 0 Å². The normalized spacial score (nSPS) is 12.0. The summed E-state index contributed by atoms with van der Waals surface area (Å²) in [5.41, 5.74) is 0. The van der Waals surface area contributed by atoms with E-state index in [1.54, 1.807) is 13.8 Å². The average Bonchev–Trinajstić information content (AvgIpc) is 1.81. The largest absolute Gasteiger partial charge is 0.460 e. The molecule has 76 valence electrons. The third-order valence-electron chi connectivity index (χ3n) is 0.786. The molecule has 0 heterocycles. The van der Waals surface area contributed by atoms with Gasteiger partial charge in [0.1, 0.15) is 6.26 Å². The first-order valence-electron chi connectivity index (χ1n) is 3.56. The van der Waals surface area contributed by atoms with E-state index in [9.17, 15) is 13.2 Å². The number of rotatable bonds is 4. The molecule has 0 aromatic rings. The second kappa shape index (κ2) is 4.86. The zero-order chi connectivity index (χ0) is 10.5. The Morgan fingerprint density at radius 2 is 1.92 bits per heavy atom. The maximum Gasteiger partial charge on any atom is 0.334 e. The molecule has 5 nitrogen and oxygen atoms in total. The summed E-state index contributed by atoms with van der Waals surface area (Å²) in [6.07, 6.45) is 2.32. The Morgan fingerprint density at radius 3 is 2.31 bits per heavy atom. The lowest BCUT2D eigenvalue weighted by atomic mass is 10.5. The summed E-state index contributed by atoms with van der Waals surface area (Å²) >= 11 is 0. The highest BCUT2D eigenvalue weighted by Gasteiger charge is 2.01. The maximum absolute atomic E-state index is 10.8. The number of hydrogen-bond donors (Lipinski definition) is 0. The van der Waals surface area contributed by atoms with Crippen molar-refractivity contribution in [1.29, 1.82) is 0 Å². The van der Waals surface area contributed by atoms with Crippen molar-refractivity contribution >= 4 is 16.1 Å². The zero-order valence-corrected chi connectivity index (χ0v) is 8.50. The number of carbonyl (C=O) groups excluding carboxylic acids is 1. The molecular formula is C7H12O5S. The van der Waals surface area contributed by atoms with Crippen LogP contribution in [0.5, 0.6) is 0 Å². The number of ether oxygens (including phenoxy) is 1. The molecule has 0 aliphatic carbocycles. The van der Waals surface area contributed by atoms with Crippen molar-refractivity contribution in [3.05, 3.63) is 12.3 Å². The molecule has 0 amide bonds. The van der Waals surface area contributed by atoms with Crippen LogP contribution in [0.15, 0.2) is 12.3 Å². The van der Waals surface area contributed by atoms with Crippen LogP contribution in [0.2, 0.25) is 0 Å². The molecule has 6 heteroatoms. The summed E-state index contributed by atoms with van der Waals surface area (Å²) in [5.74, 6) is -0.640. The lowest BCUT2D eigenvalue weighted by Gasteiger charge is -2.03. The molecule has 0 spiro atoms. The minimum absolute atomic E-state index is 0.240. The molecule has 0 radical (unpaired) electrons. The van der Waals surface area contributed by atoms with Crippen molar-refractivity contribution in [2.24, 2.45) is 0 Å². The molecule has 13 heavy (non-hydrogen) atoms. The molecule has 0 bridgehead atoms. The standard InChI is InChI=1S/C7H12O5S/c1-6(2)12-7(8)4-5-11-13(3,9)10/h4-6H,1-3H3. The fourth-order valence-corrected chi connectivity index (χ4v) is 0.713. The lowest BCUT2D eigenvalue weighted by Crippen LogP contribution is -2.08. The van der Waals surface area contributed by atoms with Crippen LogP contribution in [0.1, 0.15) is 13.8 Å². The fourth-order valence-electron chi connectivity index (χ4n) is 0.456. The summed E-state index contributed by atoms with van der Waals surface area (Å²) < 4.78 is 29.7. The van der Waals surface area contributed by atoms with E-state index in [4.69, 9.17) is 0 Å².